The summed E-state index contributed by atoms with van der Waals surface area (Å²) in [5, 5.41) is 10.8. The van der Waals surface area contributed by atoms with E-state index in [0.29, 0.717) is 0 Å². The van der Waals surface area contributed by atoms with Gasteiger partial charge >= 0.3 is 0 Å². The van der Waals surface area contributed by atoms with E-state index < -0.39 is 6.10 Å². The van der Waals surface area contributed by atoms with Crippen molar-refractivity contribution in [3.05, 3.63) is 63.4 Å². The number of aliphatic hydroxyl groups excluding tert-OH is 1. The van der Waals surface area contributed by atoms with Gasteiger partial charge in [-0.2, -0.15) is 0 Å². The Morgan fingerprint density at radius 2 is 2.20 bits per heavy atom. The van der Waals surface area contributed by atoms with Crippen molar-refractivity contribution in [1.29, 1.82) is 0 Å². The smallest absolute Gasteiger partial charge is 0.0876 e. The third-order valence-electron chi connectivity index (χ3n) is 4.17. The van der Waals surface area contributed by atoms with Gasteiger partial charge in [0.1, 0.15) is 0 Å². The fraction of sp³-hybridized carbons (Fsp3) is 0.353. The van der Waals surface area contributed by atoms with Crippen LogP contribution >= 0.6 is 15.9 Å². The maximum absolute atomic E-state index is 10.8. The summed E-state index contributed by atoms with van der Waals surface area (Å²) in [4.78, 5) is 4.53. The van der Waals surface area contributed by atoms with E-state index in [1.165, 1.54) is 5.56 Å². The lowest BCUT2D eigenvalue weighted by molar-refractivity contribution is 0.133. The summed E-state index contributed by atoms with van der Waals surface area (Å²) in [5.41, 5.74) is 4.50. The molecule has 20 heavy (non-hydrogen) atoms. The van der Waals surface area contributed by atoms with Gasteiger partial charge in [-0.25, -0.2) is 0 Å². The lowest BCUT2D eigenvalue weighted by atomic mass is 9.80. The minimum atomic E-state index is -0.475. The first-order valence-electron chi connectivity index (χ1n) is 7.04. The standard InChI is InChI=1S/C17H18BrNO/c1-11-10-13(18)7-8-14(11)17(20)15-6-2-4-12-5-3-9-19-16(12)15/h3,5,7-10,15,17,20H,2,4,6H2,1H3. The molecule has 0 fully saturated rings. The fourth-order valence-corrected chi connectivity index (χ4v) is 3.62. The molecule has 0 radical (unpaired) electrons. The third kappa shape index (κ3) is 2.52. The molecule has 0 saturated heterocycles. The zero-order valence-corrected chi connectivity index (χ0v) is 13.1. The van der Waals surface area contributed by atoms with Crippen LogP contribution in [0.4, 0.5) is 0 Å². The monoisotopic (exact) mass is 331 g/mol. The lowest BCUT2D eigenvalue weighted by Gasteiger charge is -2.29. The summed E-state index contributed by atoms with van der Waals surface area (Å²) in [6, 6.07) is 10.2. The van der Waals surface area contributed by atoms with Gasteiger partial charge in [0.2, 0.25) is 0 Å². The molecular formula is C17H18BrNO. The van der Waals surface area contributed by atoms with Crippen LogP contribution in [0.25, 0.3) is 0 Å². The van der Waals surface area contributed by atoms with Crippen LogP contribution in [0.1, 0.15) is 47.2 Å². The largest absolute Gasteiger partial charge is 0.388 e. The van der Waals surface area contributed by atoms with Crippen molar-refractivity contribution in [3.8, 4) is 0 Å². The summed E-state index contributed by atoms with van der Waals surface area (Å²) < 4.78 is 1.05. The first-order chi connectivity index (χ1) is 9.66. The molecule has 1 aliphatic rings. The Morgan fingerprint density at radius 3 is 3.00 bits per heavy atom. The highest BCUT2D eigenvalue weighted by Gasteiger charge is 2.29. The van der Waals surface area contributed by atoms with Crippen LogP contribution in [0.3, 0.4) is 0 Å². The van der Waals surface area contributed by atoms with E-state index in [9.17, 15) is 5.11 Å². The number of aryl methyl sites for hydroxylation is 2. The van der Waals surface area contributed by atoms with E-state index in [2.05, 4.69) is 33.0 Å². The van der Waals surface area contributed by atoms with E-state index in [-0.39, 0.29) is 5.92 Å². The van der Waals surface area contributed by atoms with Crippen molar-refractivity contribution in [3.63, 3.8) is 0 Å². The molecular weight excluding hydrogens is 314 g/mol. The van der Waals surface area contributed by atoms with Gasteiger partial charge in [-0.3, -0.25) is 4.98 Å². The molecule has 1 aromatic carbocycles. The number of halogens is 1. The van der Waals surface area contributed by atoms with Crippen LogP contribution in [0, 0.1) is 6.92 Å². The molecule has 1 heterocycles. The summed E-state index contributed by atoms with van der Waals surface area (Å²) in [6.07, 6.45) is 4.55. The predicted octanol–water partition coefficient (Wildman–Crippen LogP) is 4.31. The molecule has 2 unspecified atom stereocenters. The number of pyridine rings is 1. The highest BCUT2D eigenvalue weighted by Crippen LogP contribution is 2.40. The van der Waals surface area contributed by atoms with Crippen molar-refractivity contribution in [2.75, 3.05) is 0 Å². The number of aliphatic hydroxyl groups is 1. The molecule has 2 aromatic rings. The lowest BCUT2D eigenvalue weighted by Crippen LogP contribution is -2.19. The molecule has 0 bridgehead atoms. The molecule has 0 spiro atoms. The van der Waals surface area contributed by atoms with Crippen LogP contribution in [-0.2, 0) is 6.42 Å². The minimum absolute atomic E-state index is 0.111. The van der Waals surface area contributed by atoms with Crippen LogP contribution in [0.2, 0.25) is 0 Å². The van der Waals surface area contributed by atoms with Gasteiger partial charge in [0.15, 0.2) is 0 Å². The van der Waals surface area contributed by atoms with Crippen LogP contribution < -0.4 is 0 Å². The zero-order chi connectivity index (χ0) is 14.1. The average molecular weight is 332 g/mol. The number of aromatic nitrogens is 1. The van der Waals surface area contributed by atoms with Gasteiger partial charge in [0.25, 0.3) is 0 Å². The Hall–Kier alpha value is -1.19. The van der Waals surface area contributed by atoms with Gasteiger partial charge in [0, 0.05) is 22.3 Å². The summed E-state index contributed by atoms with van der Waals surface area (Å²) in [6.45, 7) is 2.05. The van der Waals surface area contributed by atoms with Crippen LogP contribution in [0.15, 0.2) is 41.0 Å². The Balaban J connectivity index is 1.97. The minimum Gasteiger partial charge on any atom is -0.388 e. The molecule has 1 aliphatic carbocycles. The topological polar surface area (TPSA) is 33.1 Å². The van der Waals surface area contributed by atoms with Crippen LogP contribution in [-0.4, -0.2) is 10.1 Å². The number of hydrogen-bond donors (Lipinski definition) is 1. The molecule has 3 rings (SSSR count). The van der Waals surface area contributed by atoms with E-state index in [1.807, 2.05) is 31.3 Å². The van der Waals surface area contributed by atoms with Crippen molar-refractivity contribution >= 4 is 15.9 Å². The maximum Gasteiger partial charge on any atom is 0.0876 e. The first kappa shape index (κ1) is 13.8. The second-order valence-corrected chi connectivity index (χ2v) is 6.41. The van der Waals surface area contributed by atoms with E-state index in [4.69, 9.17) is 0 Å². The van der Waals surface area contributed by atoms with Crippen molar-refractivity contribution in [2.45, 2.75) is 38.2 Å². The van der Waals surface area contributed by atoms with E-state index in [1.54, 1.807) is 0 Å². The molecule has 0 amide bonds. The SMILES string of the molecule is Cc1cc(Br)ccc1C(O)C1CCCc2cccnc21. The fourth-order valence-electron chi connectivity index (χ4n) is 3.14. The number of nitrogens with zero attached hydrogens (tertiary/aromatic N) is 1. The molecule has 0 aliphatic heterocycles. The Morgan fingerprint density at radius 1 is 1.35 bits per heavy atom. The van der Waals surface area contributed by atoms with Gasteiger partial charge in [0.05, 0.1) is 6.10 Å². The Labute approximate surface area is 128 Å². The molecule has 1 aromatic heterocycles. The van der Waals surface area contributed by atoms with Gasteiger partial charge in [-0.15, -0.1) is 0 Å². The van der Waals surface area contributed by atoms with Crippen molar-refractivity contribution in [2.24, 2.45) is 0 Å². The Bertz CT molecular complexity index is 626. The highest BCUT2D eigenvalue weighted by atomic mass is 79.9. The zero-order valence-electron chi connectivity index (χ0n) is 11.5. The molecule has 0 saturated carbocycles. The number of hydrogen-bond acceptors (Lipinski definition) is 2. The van der Waals surface area contributed by atoms with Gasteiger partial charge in [-0.05, 0) is 61.1 Å². The van der Waals surface area contributed by atoms with Crippen molar-refractivity contribution < 1.29 is 5.11 Å². The van der Waals surface area contributed by atoms with Gasteiger partial charge < -0.3 is 5.11 Å². The maximum atomic E-state index is 10.8. The summed E-state index contributed by atoms with van der Waals surface area (Å²) in [5.74, 6) is 0.111. The number of benzene rings is 1. The second kappa shape index (κ2) is 5.66. The van der Waals surface area contributed by atoms with Crippen molar-refractivity contribution in [1.82, 2.24) is 4.98 Å². The average Bonchev–Trinajstić information content (AvgIpc) is 2.46. The molecule has 2 atom stereocenters. The predicted molar refractivity (Wildman–Crippen MR) is 83.8 cm³/mol. The molecule has 2 nitrogen and oxygen atoms in total. The third-order valence-corrected chi connectivity index (χ3v) is 4.66. The van der Waals surface area contributed by atoms with E-state index >= 15 is 0 Å². The van der Waals surface area contributed by atoms with Gasteiger partial charge in [-0.1, -0.05) is 28.1 Å². The Kier molecular flexibility index (Phi) is 3.90. The second-order valence-electron chi connectivity index (χ2n) is 5.49. The quantitative estimate of drug-likeness (QED) is 0.889. The molecule has 1 N–H and O–H groups in total. The molecule has 104 valence electrons. The number of fused-ring (bicyclic) bond motifs is 1. The first-order valence-corrected chi connectivity index (χ1v) is 7.84. The highest BCUT2D eigenvalue weighted by molar-refractivity contribution is 9.10. The summed E-state index contributed by atoms with van der Waals surface area (Å²) in [7, 11) is 0. The normalized spacial score (nSPS) is 19.4. The van der Waals surface area contributed by atoms with Crippen LogP contribution in [0.5, 0.6) is 0 Å². The summed E-state index contributed by atoms with van der Waals surface area (Å²) >= 11 is 3.47. The number of rotatable bonds is 2. The van der Waals surface area contributed by atoms with E-state index in [0.717, 1.165) is 40.6 Å². The molecule has 3 heteroatoms.